The molecule has 0 radical (unpaired) electrons. The van der Waals surface area contributed by atoms with Crippen LogP contribution in [0.2, 0.25) is 0 Å². The normalized spacial score (nSPS) is 34.6. The monoisotopic (exact) mass is 432 g/mol. The summed E-state index contributed by atoms with van der Waals surface area (Å²) in [6, 6.07) is 0. The molecule has 0 aromatic carbocycles. The van der Waals surface area contributed by atoms with Crippen LogP contribution in [0, 0.1) is 29.6 Å². The fourth-order valence-electron chi connectivity index (χ4n) is 7.44. The van der Waals surface area contributed by atoms with Crippen molar-refractivity contribution in [1.82, 2.24) is 0 Å². The van der Waals surface area contributed by atoms with E-state index in [1.54, 1.807) is 51.4 Å². The second-order valence-electron chi connectivity index (χ2n) is 11.8. The van der Waals surface area contributed by atoms with Gasteiger partial charge in [0.05, 0.1) is 6.10 Å². The van der Waals surface area contributed by atoms with Crippen LogP contribution in [0.25, 0.3) is 0 Å². The van der Waals surface area contributed by atoms with E-state index in [4.69, 9.17) is 4.74 Å². The van der Waals surface area contributed by atoms with Gasteiger partial charge in [-0.05, 0) is 100 Å². The highest BCUT2D eigenvalue weighted by Gasteiger charge is 2.34. The van der Waals surface area contributed by atoms with E-state index in [-0.39, 0.29) is 0 Å². The molecule has 3 aliphatic carbocycles. The van der Waals surface area contributed by atoms with Crippen molar-refractivity contribution in [3.05, 3.63) is 0 Å². The number of hydrogen-bond acceptors (Lipinski definition) is 1. The fraction of sp³-hybridized carbons (Fsp3) is 1.00. The lowest BCUT2D eigenvalue weighted by Gasteiger charge is -2.41. The van der Waals surface area contributed by atoms with Crippen LogP contribution < -0.4 is 0 Å². The average Bonchev–Trinajstić information content (AvgIpc) is 2.83. The Kier molecular flexibility index (Phi) is 12.4. The summed E-state index contributed by atoms with van der Waals surface area (Å²) in [5.74, 6) is 5.33. The van der Waals surface area contributed by atoms with E-state index in [9.17, 15) is 0 Å². The molecule has 3 saturated carbocycles. The molecule has 182 valence electrons. The molecule has 0 aromatic rings. The molecular weight excluding hydrogens is 376 g/mol. The second-order valence-corrected chi connectivity index (χ2v) is 11.8. The Balaban J connectivity index is 1.23. The van der Waals surface area contributed by atoms with Gasteiger partial charge in [0.25, 0.3) is 0 Å². The molecule has 0 bridgehead atoms. The topological polar surface area (TPSA) is 9.23 Å². The zero-order valence-electron chi connectivity index (χ0n) is 21.4. The van der Waals surface area contributed by atoms with Crippen molar-refractivity contribution >= 4 is 0 Å². The summed E-state index contributed by atoms with van der Waals surface area (Å²) in [7, 11) is 0. The van der Waals surface area contributed by atoms with Crippen LogP contribution in [0.1, 0.15) is 149 Å². The SMILES string of the molecule is CCCCCCCCCC1CCC(C2CCC(C3CCC(OCCC)CC3)CC2)CC1. The van der Waals surface area contributed by atoms with Gasteiger partial charge in [-0.2, -0.15) is 0 Å². The highest BCUT2D eigenvalue weighted by atomic mass is 16.5. The molecule has 0 unspecified atom stereocenters. The van der Waals surface area contributed by atoms with Crippen LogP contribution >= 0.6 is 0 Å². The van der Waals surface area contributed by atoms with Crippen molar-refractivity contribution < 1.29 is 4.74 Å². The van der Waals surface area contributed by atoms with Crippen molar-refractivity contribution in [3.8, 4) is 0 Å². The lowest BCUT2D eigenvalue weighted by atomic mass is 9.65. The summed E-state index contributed by atoms with van der Waals surface area (Å²) in [5.41, 5.74) is 0. The Morgan fingerprint density at radius 1 is 0.484 bits per heavy atom. The summed E-state index contributed by atoms with van der Waals surface area (Å²) < 4.78 is 6.02. The largest absolute Gasteiger partial charge is 0.378 e. The molecule has 1 nitrogen and oxygen atoms in total. The Labute approximate surface area is 195 Å². The first-order valence-electron chi connectivity index (χ1n) is 14.9. The molecule has 0 aromatic heterocycles. The minimum absolute atomic E-state index is 0.587. The third-order valence-corrected chi connectivity index (χ3v) is 9.53. The average molecular weight is 433 g/mol. The number of unbranched alkanes of at least 4 members (excludes halogenated alkanes) is 6. The van der Waals surface area contributed by atoms with Crippen molar-refractivity contribution in [1.29, 1.82) is 0 Å². The Hall–Kier alpha value is -0.0400. The molecule has 0 saturated heterocycles. The molecule has 0 heterocycles. The maximum Gasteiger partial charge on any atom is 0.0575 e. The van der Waals surface area contributed by atoms with Crippen molar-refractivity contribution in [2.45, 2.75) is 155 Å². The minimum atomic E-state index is 0.587. The van der Waals surface area contributed by atoms with Gasteiger partial charge >= 0.3 is 0 Å². The lowest BCUT2D eigenvalue weighted by Crippen LogP contribution is -2.31. The zero-order chi connectivity index (χ0) is 21.7. The first kappa shape index (κ1) is 25.6. The smallest absolute Gasteiger partial charge is 0.0575 e. The van der Waals surface area contributed by atoms with E-state index in [2.05, 4.69) is 13.8 Å². The molecular formula is C30H56O. The fourth-order valence-corrected chi connectivity index (χ4v) is 7.44. The van der Waals surface area contributed by atoms with Gasteiger partial charge < -0.3 is 4.74 Å². The van der Waals surface area contributed by atoms with Gasteiger partial charge in [-0.15, -0.1) is 0 Å². The quantitative estimate of drug-likeness (QED) is 0.263. The predicted molar refractivity (Wildman–Crippen MR) is 135 cm³/mol. The van der Waals surface area contributed by atoms with E-state index in [0.717, 1.165) is 36.2 Å². The van der Waals surface area contributed by atoms with Crippen LogP contribution in [0.15, 0.2) is 0 Å². The van der Waals surface area contributed by atoms with Gasteiger partial charge in [-0.1, -0.05) is 78.1 Å². The maximum absolute atomic E-state index is 6.02. The van der Waals surface area contributed by atoms with Gasteiger partial charge in [-0.3, -0.25) is 0 Å². The summed E-state index contributed by atoms with van der Waals surface area (Å²) >= 11 is 0. The van der Waals surface area contributed by atoms with Crippen LogP contribution in [-0.4, -0.2) is 12.7 Å². The van der Waals surface area contributed by atoms with Gasteiger partial charge in [0, 0.05) is 6.61 Å². The molecule has 3 aliphatic rings. The molecule has 3 fully saturated rings. The zero-order valence-corrected chi connectivity index (χ0v) is 21.4. The molecule has 0 atom stereocenters. The molecule has 1 heteroatoms. The second kappa shape index (κ2) is 15.0. The Bertz CT molecular complexity index is 422. The number of ether oxygens (including phenoxy) is 1. The third kappa shape index (κ3) is 9.02. The Morgan fingerprint density at radius 3 is 1.45 bits per heavy atom. The third-order valence-electron chi connectivity index (χ3n) is 9.53. The van der Waals surface area contributed by atoms with Crippen LogP contribution in [0.4, 0.5) is 0 Å². The lowest BCUT2D eigenvalue weighted by molar-refractivity contribution is 0.00568. The van der Waals surface area contributed by atoms with E-state index in [1.165, 1.54) is 83.5 Å². The standard InChI is InChI=1S/C30H56O/c1-3-5-6-7-8-9-10-11-25-12-14-26(15-13-25)27-16-18-28(19-17-27)29-20-22-30(23-21-29)31-24-4-2/h25-30H,3-24H2,1-2H3. The van der Waals surface area contributed by atoms with E-state index in [1.807, 2.05) is 0 Å². The molecule has 3 rings (SSSR count). The molecule has 31 heavy (non-hydrogen) atoms. The summed E-state index contributed by atoms with van der Waals surface area (Å²) in [4.78, 5) is 0. The van der Waals surface area contributed by atoms with Crippen molar-refractivity contribution in [3.63, 3.8) is 0 Å². The van der Waals surface area contributed by atoms with Gasteiger partial charge in [0.1, 0.15) is 0 Å². The molecule has 0 amide bonds. The highest BCUT2D eigenvalue weighted by molar-refractivity contribution is 4.86. The number of rotatable bonds is 13. The molecule has 0 N–H and O–H groups in total. The van der Waals surface area contributed by atoms with Gasteiger partial charge in [-0.25, -0.2) is 0 Å². The van der Waals surface area contributed by atoms with Crippen molar-refractivity contribution in [2.24, 2.45) is 29.6 Å². The van der Waals surface area contributed by atoms with Crippen LogP contribution in [0.3, 0.4) is 0 Å². The summed E-state index contributed by atoms with van der Waals surface area (Å²) in [5, 5.41) is 0. The molecule has 0 aliphatic heterocycles. The highest BCUT2D eigenvalue weighted by Crippen LogP contribution is 2.46. The first-order valence-corrected chi connectivity index (χ1v) is 14.9. The minimum Gasteiger partial charge on any atom is -0.378 e. The van der Waals surface area contributed by atoms with Crippen molar-refractivity contribution in [2.75, 3.05) is 6.61 Å². The summed E-state index contributed by atoms with van der Waals surface area (Å²) in [6.07, 6.45) is 31.6. The maximum atomic E-state index is 6.02. The Morgan fingerprint density at radius 2 is 0.935 bits per heavy atom. The van der Waals surface area contributed by atoms with E-state index in [0.29, 0.717) is 6.10 Å². The summed E-state index contributed by atoms with van der Waals surface area (Å²) in [6.45, 7) is 5.52. The van der Waals surface area contributed by atoms with Gasteiger partial charge in [0.2, 0.25) is 0 Å². The molecule has 0 spiro atoms. The van der Waals surface area contributed by atoms with E-state index < -0.39 is 0 Å². The van der Waals surface area contributed by atoms with Crippen LogP contribution in [0.5, 0.6) is 0 Å². The first-order chi connectivity index (χ1) is 15.3. The number of hydrogen-bond donors (Lipinski definition) is 0. The van der Waals surface area contributed by atoms with E-state index >= 15 is 0 Å². The van der Waals surface area contributed by atoms with Crippen LogP contribution in [-0.2, 0) is 4.74 Å². The predicted octanol–water partition coefficient (Wildman–Crippen LogP) is 9.73. The van der Waals surface area contributed by atoms with Gasteiger partial charge in [0.15, 0.2) is 0 Å².